The zero-order valence-electron chi connectivity index (χ0n) is 17.0. The predicted octanol–water partition coefficient (Wildman–Crippen LogP) is 3.97. The zero-order chi connectivity index (χ0) is 21.8. The van der Waals surface area contributed by atoms with Crippen molar-refractivity contribution >= 4 is 17.4 Å². The number of anilines is 2. The minimum absolute atomic E-state index is 0.165. The van der Waals surface area contributed by atoms with E-state index in [0.29, 0.717) is 29.4 Å². The standard InChI is InChI=1S/C22H24F3N3O2/c1-22(2,3)19(29)21(30)27-20-16(25)8-17-18(26-20)14-6-12(14)10-28(17)9-11-4-5-13(23)7-15(11)24/h4-5,7-8,12,14,19,29H,6,9-10H2,1-3H3,(H,26,27,30)/t12-,14-,19-/m0/s1. The summed E-state index contributed by atoms with van der Waals surface area (Å²) in [5.41, 5.74) is 0.805. The van der Waals surface area contributed by atoms with E-state index in [-0.39, 0.29) is 18.3 Å². The van der Waals surface area contributed by atoms with Gasteiger partial charge in [-0.05, 0) is 23.8 Å². The minimum Gasteiger partial charge on any atom is -0.383 e. The summed E-state index contributed by atoms with van der Waals surface area (Å²) >= 11 is 0. The molecule has 1 saturated carbocycles. The quantitative estimate of drug-likeness (QED) is 0.787. The van der Waals surface area contributed by atoms with Gasteiger partial charge in [-0.1, -0.05) is 26.8 Å². The van der Waals surface area contributed by atoms with Gasteiger partial charge in [0, 0.05) is 36.7 Å². The van der Waals surface area contributed by atoms with Crippen molar-refractivity contribution in [2.45, 2.75) is 45.8 Å². The molecule has 1 amide bonds. The Kier molecular flexibility index (Phi) is 5.00. The molecule has 0 unspecified atom stereocenters. The van der Waals surface area contributed by atoms with E-state index in [9.17, 15) is 23.1 Å². The van der Waals surface area contributed by atoms with Crippen molar-refractivity contribution in [2.75, 3.05) is 16.8 Å². The molecule has 1 aromatic heterocycles. The number of hydrogen-bond donors (Lipinski definition) is 2. The number of halogens is 3. The van der Waals surface area contributed by atoms with Crippen LogP contribution in [0.5, 0.6) is 0 Å². The average molecular weight is 419 g/mol. The van der Waals surface area contributed by atoms with Crippen molar-refractivity contribution in [3.63, 3.8) is 0 Å². The Balaban J connectivity index is 1.61. The fourth-order valence-electron chi connectivity index (χ4n) is 3.86. The molecular formula is C22H24F3N3O2. The summed E-state index contributed by atoms with van der Waals surface area (Å²) in [4.78, 5) is 18.5. The van der Waals surface area contributed by atoms with Crippen molar-refractivity contribution in [1.29, 1.82) is 0 Å². The number of rotatable bonds is 4. The maximum absolute atomic E-state index is 14.8. The van der Waals surface area contributed by atoms with Crippen LogP contribution in [0.3, 0.4) is 0 Å². The number of hydrogen-bond acceptors (Lipinski definition) is 4. The monoisotopic (exact) mass is 419 g/mol. The molecule has 3 atom stereocenters. The zero-order valence-corrected chi connectivity index (χ0v) is 17.0. The fourth-order valence-corrected chi connectivity index (χ4v) is 3.86. The molecule has 1 fully saturated rings. The molecule has 0 saturated heterocycles. The van der Waals surface area contributed by atoms with E-state index < -0.39 is 34.9 Å². The first kappa shape index (κ1) is 20.7. The van der Waals surface area contributed by atoms with Crippen LogP contribution >= 0.6 is 0 Å². The van der Waals surface area contributed by atoms with E-state index in [1.54, 1.807) is 20.8 Å². The largest absolute Gasteiger partial charge is 0.383 e. The van der Waals surface area contributed by atoms with Gasteiger partial charge in [0.05, 0.1) is 11.4 Å². The summed E-state index contributed by atoms with van der Waals surface area (Å²) in [5, 5.41) is 12.5. The van der Waals surface area contributed by atoms with Gasteiger partial charge in [0.1, 0.15) is 17.7 Å². The van der Waals surface area contributed by atoms with Crippen molar-refractivity contribution in [2.24, 2.45) is 11.3 Å². The SMILES string of the molecule is CC(C)(C)[C@@H](O)C(=O)Nc1nc2c(cc1F)N(Cc1ccc(F)cc1F)C[C@@H]1C[C@H]21. The highest BCUT2D eigenvalue weighted by Gasteiger charge is 2.47. The molecule has 30 heavy (non-hydrogen) atoms. The summed E-state index contributed by atoms with van der Waals surface area (Å²) in [6.07, 6.45) is -0.437. The van der Waals surface area contributed by atoms with Gasteiger partial charge in [-0.15, -0.1) is 0 Å². The third kappa shape index (κ3) is 3.88. The number of amides is 1. The van der Waals surface area contributed by atoms with Gasteiger partial charge in [-0.2, -0.15) is 0 Å². The highest BCUT2D eigenvalue weighted by Crippen LogP contribution is 2.54. The number of carbonyl (C=O) groups is 1. The molecule has 8 heteroatoms. The van der Waals surface area contributed by atoms with Crippen molar-refractivity contribution in [3.8, 4) is 0 Å². The summed E-state index contributed by atoms with van der Waals surface area (Å²) < 4.78 is 42.1. The predicted molar refractivity (Wildman–Crippen MR) is 107 cm³/mol. The second-order valence-corrected chi connectivity index (χ2v) is 9.20. The fraction of sp³-hybridized carbons (Fsp3) is 0.455. The molecule has 1 aromatic carbocycles. The van der Waals surface area contributed by atoms with Crippen LogP contribution in [0.2, 0.25) is 0 Å². The van der Waals surface area contributed by atoms with Crippen LogP contribution in [0.25, 0.3) is 0 Å². The molecule has 1 aliphatic carbocycles. The number of pyridine rings is 1. The van der Waals surface area contributed by atoms with Crippen LogP contribution < -0.4 is 10.2 Å². The highest BCUT2D eigenvalue weighted by atomic mass is 19.1. The van der Waals surface area contributed by atoms with Crippen LogP contribution in [0.4, 0.5) is 24.7 Å². The summed E-state index contributed by atoms with van der Waals surface area (Å²) in [6.45, 7) is 5.90. The van der Waals surface area contributed by atoms with Gasteiger partial charge in [0.2, 0.25) is 0 Å². The molecule has 0 bridgehead atoms. The van der Waals surface area contributed by atoms with E-state index >= 15 is 0 Å². The number of aliphatic hydroxyl groups excluding tert-OH is 1. The van der Waals surface area contributed by atoms with Crippen molar-refractivity contribution in [3.05, 3.63) is 53.0 Å². The number of nitrogens with one attached hydrogen (secondary N) is 1. The smallest absolute Gasteiger partial charge is 0.254 e. The molecule has 0 radical (unpaired) electrons. The average Bonchev–Trinajstić information content (AvgIpc) is 3.43. The van der Waals surface area contributed by atoms with Gasteiger partial charge in [-0.25, -0.2) is 18.2 Å². The Labute approximate surface area is 172 Å². The lowest BCUT2D eigenvalue weighted by atomic mass is 9.88. The molecule has 160 valence electrons. The van der Waals surface area contributed by atoms with Gasteiger partial charge < -0.3 is 15.3 Å². The molecule has 1 aliphatic heterocycles. The normalized spacial score (nSPS) is 21.0. The van der Waals surface area contributed by atoms with E-state index in [0.717, 1.165) is 12.5 Å². The second kappa shape index (κ2) is 7.27. The van der Waals surface area contributed by atoms with Crippen LogP contribution in [0.1, 0.15) is 44.4 Å². The number of aliphatic hydroxyl groups is 1. The first-order chi connectivity index (χ1) is 14.0. The van der Waals surface area contributed by atoms with Crippen LogP contribution in [0, 0.1) is 28.8 Å². The highest BCUT2D eigenvalue weighted by molar-refractivity contribution is 5.94. The molecule has 4 rings (SSSR count). The Hall–Kier alpha value is -2.61. The Morgan fingerprint density at radius 1 is 1.27 bits per heavy atom. The first-order valence-electron chi connectivity index (χ1n) is 9.93. The molecule has 2 heterocycles. The maximum Gasteiger partial charge on any atom is 0.254 e. The molecule has 2 aromatic rings. The second-order valence-electron chi connectivity index (χ2n) is 9.20. The van der Waals surface area contributed by atoms with E-state index in [2.05, 4.69) is 10.3 Å². The lowest BCUT2D eigenvalue weighted by Gasteiger charge is -2.31. The molecular weight excluding hydrogens is 395 g/mol. The summed E-state index contributed by atoms with van der Waals surface area (Å²) in [6, 6.07) is 4.70. The lowest BCUT2D eigenvalue weighted by Crippen LogP contribution is -2.39. The number of fused-ring (bicyclic) bond motifs is 3. The number of benzene rings is 1. The van der Waals surface area contributed by atoms with Crippen molar-refractivity contribution < 1.29 is 23.1 Å². The van der Waals surface area contributed by atoms with Gasteiger partial charge >= 0.3 is 0 Å². The van der Waals surface area contributed by atoms with Gasteiger partial charge in [0.25, 0.3) is 5.91 Å². The number of nitrogens with zero attached hydrogens (tertiary/aromatic N) is 2. The molecule has 2 aliphatic rings. The van der Waals surface area contributed by atoms with E-state index in [1.807, 2.05) is 4.90 Å². The number of carbonyl (C=O) groups excluding carboxylic acids is 1. The van der Waals surface area contributed by atoms with Crippen LogP contribution in [-0.4, -0.2) is 28.6 Å². The summed E-state index contributed by atoms with van der Waals surface area (Å²) in [7, 11) is 0. The Morgan fingerprint density at radius 3 is 2.67 bits per heavy atom. The topological polar surface area (TPSA) is 65.5 Å². The van der Waals surface area contributed by atoms with E-state index in [1.165, 1.54) is 18.2 Å². The van der Waals surface area contributed by atoms with Crippen LogP contribution in [-0.2, 0) is 11.3 Å². The minimum atomic E-state index is -1.32. The summed E-state index contributed by atoms with van der Waals surface area (Å²) in [5.74, 6) is -2.48. The number of aromatic nitrogens is 1. The van der Waals surface area contributed by atoms with Gasteiger partial charge in [-0.3, -0.25) is 4.79 Å². The first-order valence-corrected chi connectivity index (χ1v) is 9.93. The van der Waals surface area contributed by atoms with Crippen LogP contribution in [0.15, 0.2) is 24.3 Å². The van der Waals surface area contributed by atoms with Gasteiger partial charge in [0.15, 0.2) is 11.6 Å². The third-order valence-corrected chi connectivity index (χ3v) is 5.74. The molecule has 0 spiro atoms. The maximum atomic E-state index is 14.8. The Morgan fingerprint density at radius 2 is 2.00 bits per heavy atom. The van der Waals surface area contributed by atoms with E-state index in [4.69, 9.17) is 0 Å². The van der Waals surface area contributed by atoms with Crippen molar-refractivity contribution in [1.82, 2.24) is 4.98 Å². The molecule has 2 N–H and O–H groups in total. The Bertz CT molecular complexity index is 1010. The third-order valence-electron chi connectivity index (χ3n) is 5.74. The lowest BCUT2D eigenvalue weighted by molar-refractivity contribution is -0.129. The molecule has 5 nitrogen and oxygen atoms in total.